The van der Waals surface area contributed by atoms with E-state index in [1.54, 1.807) is 12.2 Å². The number of benzene rings is 2. The Balaban J connectivity index is 1.95. The number of imidazole rings is 1. The van der Waals surface area contributed by atoms with Gasteiger partial charge in [0.05, 0.1) is 21.1 Å². The molecule has 0 saturated carbocycles. The highest BCUT2D eigenvalue weighted by Crippen LogP contribution is 2.28. The number of aryl methyl sites for hydroxylation is 1. The Morgan fingerprint density at radius 2 is 2.20 bits per heavy atom. The molecule has 4 nitrogen and oxygen atoms in total. The van der Waals surface area contributed by atoms with Crippen molar-refractivity contribution >= 4 is 38.6 Å². The third kappa shape index (κ3) is 3.81. The molecule has 0 fully saturated rings. The van der Waals surface area contributed by atoms with Crippen molar-refractivity contribution in [3.63, 3.8) is 0 Å². The van der Waals surface area contributed by atoms with Crippen molar-refractivity contribution in [2.24, 2.45) is 0 Å². The van der Waals surface area contributed by atoms with Crippen LogP contribution in [0, 0.1) is 18.3 Å². The third-order valence-electron chi connectivity index (χ3n) is 3.64. The molecule has 0 saturated heterocycles. The smallest absolute Gasteiger partial charge is 0.149 e. The molecule has 1 heterocycles. The second kappa shape index (κ2) is 7.37. The molecule has 124 valence electrons. The zero-order chi connectivity index (χ0) is 17.8. The van der Waals surface area contributed by atoms with E-state index in [9.17, 15) is 5.26 Å². The molecule has 1 aromatic heterocycles. The molecule has 0 radical (unpaired) electrons. The van der Waals surface area contributed by atoms with E-state index in [1.165, 1.54) is 0 Å². The summed E-state index contributed by atoms with van der Waals surface area (Å²) in [5.41, 5.74) is 4.26. The second-order valence-corrected chi connectivity index (χ2v) is 6.42. The maximum absolute atomic E-state index is 9.53. The van der Waals surface area contributed by atoms with Gasteiger partial charge in [0.15, 0.2) is 0 Å². The second-order valence-electron chi connectivity index (χ2n) is 5.57. The van der Waals surface area contributed by atoms with Gasteiger partial charge in [0.1, 0.15) is 24.3 Å². The summed E-state index contributed by atoms with van der Waals surface area (Å²) in [6.07, 6.45) is 3.49. The summed E-state index contributed by atoms with van der Waals surface area (Å²) in [4.78, 5) is 7.72. The molecule has 3 aromatic rings. The van der Waals surface area contributed by atoms with Crippen LogP contribution in [-0.2, 0) is 0 Å². The molecule has 0 spiro atoms. The minimum Gasteiger partial charge on any atom is -0.488 e. The highest BCUT2D eigenvalue weighted by molar-refractivity contribution is 9.10. The number of halogens is 1. The van der Waals surface area contributed by atoms with Crippen LogP contribution in [0.2, 0.25) is 0 Å². The van der Waals surface area contributed by atoms with E-state index in [1.807, 2.05) is 43.3 Å². The van der Waals surface area contributed by atoms with E-state index in [0.29, 0.717) is 18.0 Å². The highest BCUT2D eigenvalue weighted by Gasteiger charge is 2.09. The molecule has 25 heavy (non-hydrogen) atoms. The summed E-state index contributed by atoms with van der Waals surface area (Å²) in [6, 6.07) is 13.8. The number of fused-ring (bicyclic) bond motifs is 1. The van der Waals surface area contributed by atoms with Crippen molar-refractivity contribution in [1.29, 1.82) is 5.26 Å². The van der Waals surface area contributed by atoms with Crippen LogP contribution in [0.4, 0.5) is 0 Å². The zero-order valence-electron chi connectivity index (χ0n) is 13.7. The summed E-state index contributed by atoms with van der Waals surface area (Å²) in [7, 11) is 0. The first-order valence-corrected chi connectivity index (χ1v) is 8.52. The quantitative estimate of drug-likeness (QED) is 0.474. The molecule has 1 N–H and O–H groups in total. The molecule has 0 bridgehead atoms. The summed E-state index contributed by atoms with van der Waals surface area (Å²) >= 11 is 3.49. The molecule has 0 unspecified atom stereocenters. The van der Waals surface area contributed by atoms with E-state index >= 15 is 0 Å². The van der Waals surface area contributed by atoms with Crippen molar-refractivity contribution in [2.45, 2.75) is 6.92 Å². The van der Waals surface area contributed by atoms with Gasteiger partial charge in [-0.3, -0.25) is 0 Å². The number of aromatic nitrogens is 2. The molecule has 2 aromatic carbocycles. The number of aromatic amines is 1. The molecule has 3 rings (SSSR count). The molecule has 5 heteroatoms. The lowest BCUT2D eigenvalue weighted by Gasteiger charge is -2.06. The normalized spacial score (nSPS) is 11.3. The van der Waals surface area contributed by atoms with Crippen LogP contribution < -0.4 is 4.74 Å². The standard InChI is InChI=1S/C20H16BrN3O/c1-3-8-25-19-7-5-14(11-16(19)21)10-15(12-22)20-23-17-6-4-13(2)9-18(17)24-20/h3-7,9-11H,1,8H2,2H3,(H,23,24)/b15-10-. The fourth-order valence-corrected chi connectivity index (χ4v) is 2.95. The van der Waals surface area contributed by atoms with Crippen molar-refractivity contribution in [2.75, 3.05) is 6.61 Å². The molecule has 0 amide bonds. The van der Waals surface area contributed by atoms with Gasteiger partial charge >= 0.3 is 0 Å². The first kappa shape index (κ1) is 17.0. The predicted molar refractivity (Wildman–Crippen MR) is 104 cm³/mol. The number of ether oxygens (including phenoxy) is 1. The summed E-state index contributed by atoms with van der Waals surface area (Å²) < 4.78 is 6.36. The van der Waals surface area contributed by atoms with Gasteiger partial charge in [-0.2, -0.15) is 5.26 Å². The number of nitriles is 1. The zero-order valence-corrected chi connectivity index (χ0v) is 15.3. The van der Waals surface area contributed by atoms with Crippen molar-refractivity contribution < 1.29 is 4.74 Å². The lowest BCUT2D eigenvalue weighted by atomic mass is 10.1. The molecule has 0 atom stereocenters. The van der Waals surface area contributed by atoms with Crippen LogP contribution in [0.3, 0.4) is 0 Å². The third-order valence-corrected chi connectivity index (χ3v) is 4.26. The lowest BCUT2D eigenvalue weighted by Crippen LogP contribution is -1.93. The Bertz CT molecular complexity index is 1010. The topological polar surface area (TPSA) is 61.7 Å². The van der Waals surface area contributed by atoms with Crippen LogP contribution in [0.15, 0.2) is 53.5 Å². The Morgan fingerprint density at radius 1 is 1.36 bits per heavy atom. The first-order chi connectivity index (χ1) is 12.1. The summed E-state index contributed by atoms with van der Waals surface area (Å²) in [5.74, 6) is 1.29. The molecule has 0 aliphatic heterocycles. The van der Waals surface area contributed by atoms with Crippen LogP contribution >= 0.6 is 15.9 Å². The number of hydrogen-bond donors (Lipinski definition) is 1. The maximum Gasteiger partial charge on any atom is 0.149 e. The predicted octanol–water partition coefficient (Wildman–Crippen LogP) is 5.26. The van der Waals surface area contributed by atoms with E-state index in [2.05, 4.69) is 38.5 Å². The van der Waals surface area contributed by atoms with Gasteiger partial charge in [-0.15, -0.1) is 0 Å². The van der Waals surface area contributed by atoms with Crippen LogP contribution in [0.5, 0.6) is 5.75 Å². The summed E-state index contributed by atoms with van der Waals surface area (Å²) in [6.45, 7) is 6.10. The maximum atomic E-state index is 9.53. The Kier molecular flexibility index (Phi) is 5.01. The van der Waals surface area contributed by atoms with Gasteiger partial charge in [-0.25, -0.2) is 4.98 Å². The van der Waals surface area contributed by atoms with E-state index in [4.69, 9.17) is 4.74 Å². The van der Waals surface area contributed by atoms with Gasteiger partial charge in [0, 0.05) is 0 Å². The van der Waals surface area contributed by atoms with Crippen molar-refractivity contribution in [3.8, 4) is 11.8 Å². The number of hydrogen-bond acceptors (Lipinski definition) is 3. The van der Waals surface area contributed by atoms with E-state index in [-0.39, 0.29) is 0 Å². The van der Waals surface area contributed by atoms with Gasteiger partial charge in [-0.05, 0) is 64.3 Å². The number of H-pyrrole nitrogens is 1. The minimum absolute atomic E-state index is 0.440. The monoisotopic (exact) mass is 393 g/mol. The lowest BCUT2D eigenvalue weighted by molar-refractivity contribution is 0.361. The van der Waals surface area contributed by atoms with Gasteiger partial charge < -0.3 is 9.72 Å². The average molecular weight is 394 g/mol. The fourth-order valence-electron chi connectivity index (χ4n) is 2.44. The van der Waals surface area contributed by atoms with Crippen molar-refractivity contribution in [3.05, 3.63) is 70.5 Å². The van der Waals surface area contributed by atoms with E-state index in [0.717, 1.165) is 32.4 Å². The molecular weight excluding hydrogens is 378 g/mol. The van der Waals surface area contributed by atoms with Crippen molar-refractivity contribution in [1.82, 2.24) is 9.97 Å². The Labute approximate surface area is 154 Å². The fraction of sp³-hybridized carbons (Fsp3) is 0.100. The van der Waals surface area contributed by atoms with Gasteiger partial charge in [0.2, 0.25) is 0 Å². The molecule has 0 aliphatic carbocycles. The SMILES string of the molecule is C=CCOc1ccc(/C=C(/C#N)c2nc3ccc(C)cc3[nH]2)cc1Br. The Hall–Kier alpha value is -2.84. The minimum atomic E-state index is 0.440. The number of rotatable bonds is 5. The largest absolute Gasteiger partial charge is 0.488 e. The summed E-state index contributed by atoms with van der Waals surface area (Å²) in [5, 5.41) is 9.53. The molecule has 0 aliphatic rings. The number of allylic oxidation sites excluding steroid dienone is 1. The van der Waals surface area contributed by atoms with E-state index < -0.39 is 0 Å². The number of nitrogens with one attached hydrogen (secondary N) is 1. The van der Waals surface area contributed by atoms with Gasteiger partial charge in [-0.1, -0.05) is 24.8 Å². The highest BCUT2D eigenvalue weighted by atomic mass is 79.9. The van der Waals surface area contributed by atoms with Gasteiger partial charge in [0.25, 0.3) is 0 Å². The Morgan fingerprint density at radius 3 is 2.92 bits per heavy atom. The van der Waals surface area contributed by atoms with Crippen LogP contribution in [-0.4, -0.2) is 16.6 Å². The number of nitrogens with zero attached hydrogens (tertiary/aromatic N) is 2. The molecular formula is C20H16BrN3O. The van der Waals surface area contributed by atoms with Crippen LogP contribution in [0.1, 0.15) is 17.0 Å². The average Bonchev–Trinajstić information content (AvgIpc) is 3.01. The first-order valence-electron chi connectivity index (χ1n) is 7.72. The van der Waals surface area contributed by atoms with Crippen LogP contribution in [0.25, 0.3) is 22.7 Å².